The SMILES string of the molecule is CCC.O=CNCCN1CCC(c2cccc(O)c2)CC1.Oc1ccc2c(c1)CNCC2. The van der Waals surface area contributed by atoms with Crippen LogP contribution >= 0.6 is 0 Å². The highest BCUT2D eigenvalue weighted by Crippen LogP contribution is 2.29. The van der Waals surface area contributed by atoms with Crippen molar-refractivity contribution in [3.63, 3.8) is 0 Å². The molecule has 1 amide bonds. The Morgan fingerprint density at radius 3 is 2.47 bits per heavy atom. The van der Waals surface area contributed by atoms with Gasteiger partial charge in [-0.1, -0.05) is 38.5 Å². The Morgan fingerprint density at radius 1 is 1.06 bits per heavy atom. The van der Waals surface area contributed by atoms with Gasteiger partial charge in [0.05, 0.1) is 0 Å². The summed E-state index contributed by atoms with van der Waals surface area (Å²) in [6, 6.07) is 13.2. The van der Waals surface area contributed by atoms with Crippen LogP contribution in [0.1, 0.15) is 55.7 Å². The standard InChI is InChI=1S/C14H20N2O2.C9H11NO.C3H8/c17-11-15-6-9-16-7-4-12(5-8-16)13-2-1-3-14(18)10-13;11-9-2-1-7-3-4-10-6-8(7)5-9;1-3-2/h1-3,10-12,18H,4-9H2,(H,15,17);1-2,5,10-11H,3-4,6H2;3H2,1-2H3. The number of benzene rings is 2. The second kappa shape index (κ2) is 14.5. The number of likely N-dealkylation sites (tertiary alicyclic amines) is 1. The summed E-state index contributed by atoms with van der Waals surface area (Å²) < 4.78 is 0. The van der Waals surface area contributed by atoms with Crippen LogP contribution in [0.2, 0.25) is 0 Å². The van der Waals surface area contributed by atoms with Gasteiger partial charge in [-0.2, -0.15) is 0 Å². The van der Waals surface area contributed by atoms with E-state index in [-0.39, 0.29) is 0 Å². The molecule has 2 heterocycles. The maximum absolute atomic E-state index is 10.2. The average molecular weight is 442 g/mol. The third-order valence-electron chi connectivity index (χ3n) is 5.66. The van der Waals surface area contributed by atoms with Crippen molar-refractivity contribution < 1.29 is 15.0 Å². The lowest BCUT2D eigenvalue weighted by Gasteiger charge is -2.32. The minimum atomic E-state index is 0.352. The van der Waals surface area contributed by atoms with Gasteiger partial charge in [0.25, 0.3) is 0 Å². The first kappa shape index (κ1) is 25.7. The Hall–Kier alpha value is -2.57. The molecule has 6 heteroatoms. The van der Waals surface area contributed by atoms with E-state index in [0.717, 1.165) is 64.9 Å². The number of amides is 1. The molecule has 1 fully saturated rings. The Morgan fingerprint density at radius 2 is 1.78 bits per heavy atom. The first-order valence-corrected chi connectivity index (χ1v) is 11.8. The molecule has 0 spiro atoms. The number of hydrogen-bond acceptors (Lipinski definition) is 5. The molecule has 6 nitrogen and oxygen atoms in total. The fourth-order valence-corrected chi connectivity index (χ4v) is 4.02. The molecule has 2 aromatic rings. The van der Waals surface area contributed by atoms with E-state index in [0.29, 0.717) is 17.4 Å². The summed E-state index contributed by atoms with van der Waals surface area (Å²) in [5.41, 5.74) is 3.83. The van der Waals surface area contributed by atoms with Crippen LogP contribution in [0.3, 0.4) is 0 Å². The topological polar surface area (TPSA) is 84.8 Å². The number of piperidine rings is 1. The highest BCUT2D eigenvalue weighted by atomic mass is 16.3. The van der Waals surface area contributed by atoms with Crippen LogP contribution < -0.4 is 10.6 Å². The summed E-state index contributed by atoms with van der Waals surface area (Å²) in [5.74, 6) is 1.27. The Labute approximate surface area is 192 Å². The maximum atomic E-state index is 10.2. The number of phenols is 2. The quantitative estimate of drug-likeness (QED) is 0.419. The monoisotopic (exact) mass is 441 g/mol. The summed E-state index contributed by atoms with van der Waals surface area (Å²) in [6.07, 6.45) is 5.31. The number of nitrogens with zero attached hydrogens (tertiary/aromatic N) is 1. The number of phenolic OH excluding ortho intramolecular Hbond substituents is 2. The number of hydrogen-bond donors (Lipinski definition) is 4. The van der Waals surface area contributed by atoms with Gasteiger partial charge in [-0.25, -0.2) is 0 Å². The minimum Gasteiger partial charge on any atom is -0.508 e. The normalized spacial score (nSPS) is 15.9. The molecule has 176 valence electrons. The Bertz CT molecular complexity index is 805. The van der Waals surface area contributed by atoms with Crippen molar-refractivity contribution in [1.82, 2.24) is 15.5 Å². The number of aromatic hydroxyl groups is 2. The molecule has 0 bridgehead atoms. The van der Waals surface area contributed by atoms with Crippen LogP contribution in [-0.4, -0.2) is 54.2 Å². The van der Waals surface area contributed by atoms with Gasteiger partial charge in [-0.05, 0) is 85.8 Å². The van der Waals surface area contributed by atoms with Gasteiger partial charge < -0.3 is 25.7 Å². The predicted octanol–water partition coefficient (Wildman–Crippen LogP) is 3.77. The van der Waals surface area contributed by atoms with Crippen molar-refractivity contribution in [2.24, 2.45) is 0 Å². The van der Waals surface area contributed by atoms with Crippen LogP contribution in [0, 0.1) is 0 Å². The van der Waals surface area contributed by atoms with E-state index in [2.05, 4.69) is 35.4 Å². The van der Waals surface area contributed by atoms with Crippen LogP contribution in [0.15, 0.2) is 42.5 Å². The molecule has 4 rings (SSSR count). The van der Waals surface area contributed by atoms with E-state index < -0.39 is 0 Å². The molecule has 0 unspecified atom stereocenters. The first-order valence-electron chi connectivity index (χ1n) is 11.8. The third kappa shape index (κ3) is 8.89. The molecule has 4 N–H and O–H groups in total. The molecule has 2 aliphatic heterocycles. The van der Waals surface area contributed by atoms with E-state index in [1.165, 1.54) is 23.1 Å². The van der Waals surface area contributed by atoms with Gasteiger partial charge in [-0.15, -0.1) is 0 Å². The molecule has 0 aliphatic carbocycles. The number of carbonyl (C=O) groups excluding carboxylic acids is 1. The van der Waals surface area contributed by atoms with Gasteiger partial charge in [0.2, 0.25) is 6.41 Å². The smallest absolute Gasteiger partial charge is 0.207 e. The lowest BCUT2D eigenvalue weighted by atomic mass is 9.89. The zero-order valence-corrected chi connectivity index (χ0v) is 19.5. The molecule has 1 saturated heterocycles. The van der Waals surface area contributed by atoms with E-state index in [4.69, 9.17) is 5.11 Å². The molecule has 32 heavy (non-hydrogen) atoms. The second-order valence-electron chi connectivity index (χ2n) is 8.37. The highest BCUT2D eigenvalue weighted by Gasteiger charge is 2.20. The number of rotatable bonds is 5. The summed E-state index contributed by atoms with van der Waals surface area (Å²) in [7, 11) is 0. The van der Waals surface area contributed by atoms with Crippen LogP contribution in [0.25, 0.3) is 0 Å². The van der Waals surface area contributed by atoms with E-state index in [1.807, 2.05) is 24.3 Å². The fourth-order valence-electron chi connectivity index (χ4n) is 4.02. The van der Waals surface area contributed by atoms with Crippen molar-refractivity contribution >= 4 is 6.41 Å². The van der Waals surface area contributed by atoms with Gasteiger partial charge >= 0.3 is 0 Å². The van der Waals surface area contributed by atoms with E-state index in [9.17, 15) is 9.90 Å². The summed E-state index contributed by atoms with van der Waals surface area (Å²) in [5, 5.41) is 24.6. The predicted molar refractivity (Wildman–Crippen MR) is 130 cm³/mol. The van der Waals surface area contributed by atoms with Crippen LogP contribution in [0.5, 0.6) is 11.5 Å². The summed E-state index contributed by atoms with van der Waals surface area (Å²) in [4.78, 5) is 12.5. The lowest BCUT2D eigenvalue weighted by Crippen LogP contribution is -2.37. The molecule has 0 atom stereocenters. The lowest BCUT2D eigenvalue weighted by molar-refractivity contribution is -0.109. The van der Waals surface area contributed by atoms with Crippen molar-refractivity contribution in [3.05, 3.63) is 59.2 Å². The van der Waals surface area contributed by atoms with Crippen molar-refractivity contribution in [1.29, 1.82) is 0 Å². The zero-order chi connectivity index (χ0) is 23.2. The van der Waals surface area contributed by atoms with Crippen molar-refractivity contribution in [2.75, 3.05) is 32.7 Å². The fraction of sp³-hybridized carbons (Fsp3) is 0.500. The van der Waals surface area contributed by atoms with E-state index in [1.54, 1.807) is 12.1 Å². The first-order chi connectivity index (χ1) is 15.6. The third-order valence-corrected chi connectivity index (χ3v) is 5.66. The molecule has 2 aromatic carbocycles. The van der Waals surface area contributed by atoms with Gasteiger partial charge in [0.1, 0.15) is 11.5 Å². The van der Waals surface area contributed by atoms with Gasteiger partial charge in [0.15, 0.2) is 0 Å². The van der Waals surface area contributed by atoms with Crippen molar-refractivity contribution in [3.8, 4) is 11.5 Å². The minimum absolute atomic E-state index is 0.352. The zero-order valence-electron chi connectivity index (χ0n) is 19.5. The Kier molecular flexibility index (Phi) is 11.6. The molecule has 0 aromatic heterocycles. The second-order valence-corrected chi connectivity index (χ2v) is 8.37. The molecule has 2 aliphatic rings. The number of nitrogens with one attached hydrogen (secondary N) is 2. The van der Waals surface area contributed by atoms with Crippen LogP contribution in [-0.2, 0) is 17.8 Å². The summed E-state index contributed by atoms with van der Waals surface area (Å²) >= 11 is 0. The van der Waals surface area contributed by atoms with Crippen molar-refractivity contribution in [2.45, 2.75) is 52.0 Å². The maximum Gasteiger partial charge on any atom is 0.207 e. The molecule has 0 saturated carbocycles. The van der Waals surface area contributed by atoms with Gasteiger partial charge in [0, 0.05) is 19.6 Å². The summed E-state index contributed by atoms with van der Waals surface area (Å²) in [6.45, 7) is 9.95. The largest absolute Gasteiger partial charge is 0.508 e. The highest BCUT2D eigenvalue weighted by molar-refractivity contribution is 5.45. The average Bonchev–Trinajstić information content (AvgIpc) is 2.81. The number of carbonyl (C=O) groups is 1. The van der Waals surface area contributed by atoms with Crippen LogP contribution in [0.4, 0.5) is 0 Å². The van der Waals surface area contributed by atoms with E-state index >= 15 is 0 Å². The van der Waals surface area contributed by atoms with Gasteiger partial charge in [-0.3, -0.25) is 4.79 Å². The Balaban J connectivity index is 0.000000220. The molecular weight excluding hydrogens is 402 g/mol. The molecular formula is C26H39N3O3. The number of fused-ring (bicyclic) bond motifs is 1. The molecule has 0 radical (unpaired) electrons.